The molecule has 0 saturated heterocycles. The van der Waals surface area contributed by atoms with E-state index >= 15 is 0 Å². The van der Waals surface area contributed by atoms with E-state index < -0.39 is 21.6 Å². The van der Waals surface area contributed by atoms with Crippen LogP contribution in [0.1, 0.15) is 26.3 Å². The number of aliphatic carboxylic acids is 1. The minimum atomic E-state index is -3.73. The van der Waals surface area contributed by atoms with E-state index in [0.717, 1.165) is 0 Å². The second-order valence-corrected chi connectivity index (χ2v) is 7.32. The van der Waals surface area contributed by atoms with E-state index in [-0.39, 0.29) is 23.8 Å². The number of sulfonamides is 1. The van der Waals surface area contributed by atoms with Gasteiger partial charge in [0, 0.05) is 6.54 Å². The summed E-state index contributed by atoms with van der Waals surface area (Å²) in [6, 6.07) is 5.63. The number of benzene rings is 1. The van der Waals surface area contributed by atoms with Crippen molar-refractivity contribution in [3.05, 3.63) is 29.8 Å². The first-order valence-corrected chi connectivity index (χ1v) is 8.06. The molecule has 0 aliphatic heterocycles. The van der Waals surface area contributed by atoms with Crippen LogP contribution in [0, 0.1) is 5.92 Å². The Bertz CT molecular complexity index is 590. The van der Waals surface area contributed by atoms with Crippen molar-refractivity contribution in [2.75, 3.05) is 6.54 Å². The smallest absolute Gasteiger partial charge is 0.307 e. The lowest BCUT2D eigenvalue weighted by molar-refractivity contribution is -0.136. The van der Waals surface area contributed by atoms with E-state index in [1.54, 1.807) is 20.8 Å². The number of aliphatic hydroxyl groups is 1. The molecule has 7 heteroatoms. The highest BCUT2D eigenvalue weighted by molar-refractivity contribution is 7.89. The van der Waals surface area contributed by atoms with E-state index in [9.17, 15) is 18.3 Å². The average molecular weight is 315 g/mol. The van der Waals surface area contributed by atoms with Gasteiger partial charge < -0.3 is 10.2 Å². The summed E-state index contributed by atoms with van der Waals surface area (Å²) >= 11 is 0. The SMILES string of the molecule is CC(C)C(C)(O)CNS(=O)(=O)c1ccc(CC(=O)O)cc1. The van der Waals surface area contributed by atoms with Gasteiger partial charge in [-0.05, 0) is 30.5 Å². The van der Waals surface area contributed by atoms with Crippen molar-refractivity contribution in [1.82, 2.24) is 4.72 Å². The number of hydrogen-bond donors (Lipinski definition) is 3. The fraction of sp³-hybridized carbons (Fsp3) is 0.500. The molecular weight excluding hydrogens is 294 g/mol. The van der Waals surface area contributed by atoms with Crippen LogP contribution in [0.4, 0.5) is 0 Å². The van der Waals surface area contributed by atoms with Crippen LogP contribution in [0.15, 0.2) is 29.2 Å². The molecule has 6 nitrogen and oxygen atoms in total. The molecule has 0 bridgehead atoms. The number of carboxylic acids is 1. The summed E-state index contributed by atoms with van der Waals surface area (Å²) in [5, 5.41) is 18.7. The lowest BCUT2D eigenvalue weighted by Crippen LogP contribution is -2.44. The maximum atomic E-state index is 12.1. The lowest BCUT2D eigenvalue weighted by atomic mass is 9.93. The van der Waals surface area contributed by atoms with Crippen LogP contribution in [-0.2, 0) is 21.2 Å². The zero-order valence-electron chi connectivity index (χ0n) is 12.3. The Morgan fingerprint density at radius 2 is 1.81 bits per heavy atom. The van der Waals surface area contributed by atoms with Gasteiger partial charge in [0.05, 0.1) is 16.9 Å². The summed E-state index contributed by atoms with van der Waals surface area (Å²) in [5.74, 6) is -1.07. The first kappa shape index (κ1) is 17.6. The van der Waals surface area contributed by atoms with Crippen LogP contribution in [0.3, 0.4) is 0 Å². The zero-order chi connectivity index (χ0) is 16.3. The Balaban J connectivity index is 2.81. The first-order valence-electron chi connectivity index (χ1n) is 6.57. The van der Waals surface area contributed by atoms with Crippen LogP contribution in [0.25, 0.3) is 0 Å². The van der Waals surface area contributed by atoms with Crippen LogP contribution >= 0.6 is 0 Å². The van der Waals surface area contributed by atoms with E-state index in [2.05, 4.69) is 4.72 Å². The third kappa shape index (κ3) is 5.11. The summed E-state index contributed by atoms with van der Waals surface area (Å²) in [6.45, 7) is 5.07. The Morgan fingerprint density at radius 3 is 2.24 bits per heavy atom. The molecule has 1 aromatic carbocycles. The van der Waals surface area contributed by atoms with Crippen LogP contribution < -0.4 is 4.72 Å². The Labute approximate surface area is 124 Å². The number of nitrogens with one attached hydrogen (secondary N) is 1. The van der Waals surface area contributed by atoms with Crippen molar-refractivity contribution >= 4 is 16.0 Å². The fourth-order valence-corrected chi connectivity index (χ4v) is 2.63. The Hall–Kier alpha value is -1.44. The molecule has 1 atom stereocenters. The minimum absolute atomic E-state index is 0.0381. The van der Waals surface area contributed by atoms with Gasteiger partial charge in [-0.1, -0.05) is 26.0 Å². The monoisotopic (exact) mass is 315 g/mol. The van der Waals surface area contributed by atoms with Crippen LogP contribution in [-0.4, -0.2) is 36.7 Å². The van der Waals surface area contributed by atoms with Gasteiger partial charge in [-0.15, -0.1) is 0 Å². The maximum Gasteiger partial charge on any atom is 0.307 e. The largest absolute Gasteiger partial charge is 0.481 e. The summed E-state index contributed by atoms with van der Waals surface area (Å²) < 4.78 is 26.6. The summed E-state index contributed by atoms with van der Waals surface area (Å²) in [6.07, 6.45) is -0.157. The van der Waals surface area contributed by atoms with Gasteiger partial charge in [-0.3, -0.25) is 4.79 Å². The second-order valence-electron chi connectivity index (χ2n) is 5.55. The Morgan fingerprint density at radius 1 is 1.29 bits per heavy atom. The number of carboxylic acid groups (broad SMARTS) is 1. The van der Waals surface area contributed by atoms with Gasteiger partial charge in [0.15, 0.2) is 0 Å². The standard InChI is InChI=1S/C14H21NO5S/c1-10(2)14(3,18)9-15-21(19,20)12-6-4-11(5-7-12)8-13(16)17/h4-7,10,15,18H,8-9H2,1-3H3,(H,16,17). The van der Waals surface area contributed by atoms with Gasteiger partial charge >= 0.3 is 5.97 Å². The molecule has 118 valence electrons. The molecule has 21 heavy (non-hydrogen) atoms. The highest BCUT2D eigenvalue weighted by atomic mass is 32.2. The van der Waals surface area contributed by atoms with Crippen molar-refractivity contribution in [2.45, 2.75) is 37.7 Å². The quantitative estimate of drug-likeness (QED) is 0.696. The normalized spacial score (nSPS) is 14.9. The van der Waals surface area contributed by atoms with E-state index in [4.69, 9.17) is 5.11 Å². The van der Waals surface area contributed by atoms with Gasteiger partial charge in [0.25, 0.3) is 0 Å². The molecule has 0 aromatic heterocycles. The topological polar surface area (TPSA) is 104 Å². The summed E-state index contributed by atoms with van der Waals surface area (Å²) in [5.41, 5.74) is -0.619. The first-order chi connectivity index (χ1) is 9.54. The van der Waals surface area contributed by atoms with E-state index in [1.807, 2.05) is 0 Å². The van der Waals surface area contributed by atoms with Crippen molar-refractivity contribution < 1.29 is 23.4 Å². The van der Waals surface area contributed by atoms with Crippen molar-refractivity contribution in [1.29, 1.82) is 0 Å². The summed E-state index contributed by atoms with van der Waals surface area (Å²) in [4.78, 5) is 10.6. The number of rotatable bonds is 7. The third-order valence-corrected chi connectivity index (χ3v) is 4.87. The minimum Gasteiger partial charge on any atom is -0.481 e. The van der Waals surface area contributed by atoms with Gasteiger partial charge in [0.2, 0.25) is 10.0 Å². The predicted molar refractivity (Wildman–Crippen MR) is 78.4 cm³/mol. The molecule has 1 aromatic rings. The van der Waals surface area contributed by atoms with Crippen LogP contribution in [0.5, 0.6) is 0 Å². The molecule has 3 N–H and O–H groups in total. The average Bonchev–Trinajstić information content (AvgIpc) is 2.36. The number of hydrogen-bond acceptors (Lipinski definition) is 4. The molecule has 0 fully saturated rings. The third-order valence-electron chi connectivity index (χ3n) is 3.45. The fourth-order valence-electron chi connectivity index (χ4n) is 1.49. The highest BCUT2D eigenvalue weighted by Gasteiger charge is 2.27. The van der Waals surface area contributed by atoms with Crippen molar-refractivity contribution in [3.8, 4) is 0 Å². The highest BCUT2D eigenvalue weighted by Crippen LogP contribution is 2.17. The van der Waals surface area contributed by atoms with E-state index in [1.165, 1.54) is 24.3 Å². The molecule has 1 unspecified atom stereocenters. The van der Waals surface area contributed by atoms with Crippen molar-refractivity contribution in [3.63, 3.8) is 0 Å². The second kappa shape index (κ2) is 6.55. The van der Waals surface area contributed by atoms with Crippen molar-refractivity contribution in [2.24, 2.45) is 5.92 Å². The molecule has 0 aliphatic carbocycles. The zero-order valence-corrected chi connectivity index (χ0v) is 13.1. The number of carbonyl (C=O) groups is 1. The molecule has 0 amide bonds. The van der Waals surface area contributed by atoms with Gasteiger partial charge in [-0.2, -0.15) is 0 Å². The van der Waals surface area contributed by atoms with Gasteiger partial charge in [0.1, 0.15) is 0 Å². The van der Waals surface area contributed by atoms with Gasteiger partial charge in [-0.25, -0.2) is 13.1 Å². The molecule has 0 aliphatic rings. The molecule has 0 saturated carbocycles. The lowest BCUT2D eigenvalue weighted by Gasteiger charge is -2.27. The molecule has 0 radical (unpaired) electrons. The molecule has 1 rings (SSSR count). The predicted octanol–water partition coefficient (Wildman–Crippen LogP) is 0.999. The Kier molecular flexibility index (Phi) is 5.49. The molecule has 0 spiro atoms. The maximum absolute atomic E-state index is 12.1. The van der Waals surface area contributed by atoms with E-state index in [0.29, 0.717) is 5.56 Å². The molecular formula is C14H21NO5S. The summed E-state index contributed by atoms with van der Waals surface area (Å²) in [7, 11) is -3.73. The molecule has 0 heterocycles. The van der Waals surface area contributed by atoms with Crippen LogP contribution in [0.2, 0.25) is 0 Å².